The van der Waals surface area contributed by atoms with Gasteiger partial charge in [-0.05, 0) is 44.0 Å². The molecule has 3 nitrogen and oxygen atoms in total. The summed E-state index contributed by atoms with van der Waals surface area (Å²) in [7, 11) is 0. The average Bonchev–Trinajstić information content (AvgIpc) is 2.63. The van der Waals surface area contributed by atoms with Crippen LogP contribution in [0, 0.1) is 0 Å². The number of aliphatic hydroxyl groups excluding tert-OH is 1. The average molecular weight is 182 g/mol. The number of hydrogen-bond acceptors (Lipinski definition) is 2. The van der Waals surface area contributed by atoms with Gasteiger partial charge in [-0.2, -0.15) is 0 Å². The highest BCUT2D eigenvalue weighted by atomic mass is 16.2. The third-order valence-electron chi connectivity index (χ3n) is 2.01. The Labute approximate surface area is 79.2 Å². The second kappa shape index (κ2) is 6.69. The van der Waals surface area contributed by atoms with Crippen LogP contribution in [0.15, 0.2) is 18.5 Å². The zero-order valence-electron chi connectivity index (χ0n) is 7.92. The highest BCUT2D eigenvalue weighted by molar-refractivity contribution is 5.08. The van der Waals surface area contributed by atoms with Gasteiger partial charge < -0.3 is 15.4 Å². The molecule has 1 aromatic rings. The number of aliphatic hydroxyl groups is 1. The zero-order chi connectivity index (χ0) is 9.36. The minimum Gasteiger partial charge on any atom is -0.396 e. The number of hydrogen-bond donors (Lipinski definition) is 3. The first-order valence-corrected chi connectivity index (χ1v) is 4.86. The first-order chi connectivity index (χ1) is 6.43. The predicted octanol–water partition coefficient (Wildman–Crippen LogP) is 0.919. The summed E-state index contributed by atoms with van der Waals surface area (Å²) in [5, 5.41) is 11.9. The maximum Gasteiger partial charge on any atom is 0.0431 e. The van der Waals surface area contributed by atoms with Crippen molar-refractivity contribution in [1.29, 1.82) is 0 Å². The number of nitrogens with one attached hydrogen (secondary N) is 2. The van der Waals surface area contributed by atoms with Gasteiger partial charge in [-0.3, -0.25) is 0 Å². The monoisotopic (exact) mass is 182 g/mol. The van der Waals surface area contributed by atoms with Gasteiger partial charge in [0.05, 0.1) is 0 Å². The van der Waals surface area contributed by atoms with Gasteiger partial charge in [0.1, 0.15) is 0 Å². The van der Waals surface area contributed by atoms with Crippen LogP contribution in [-0.4, -0.2) is 29.8 Å². The van der Waals surface area contributed by atoms with E-state index in [0.717, 1.165) is 32.4 Å². The van der Waals surface area contributed by atoms with Crippen LogP contribution in [0.3, 0.4) is 0 Å². The van der Waals surface area contributed by atoms with Crippen molar-refractivity contribution >= 4 is 0 Å². The van der Waals surface area contributed by atoms with Gasteiger partial charge in [0.15, 0.2) is 0 Å². The molecule has 0 saturated carbocycles. The molecule has 0 fully saturated rings. The van der Waals surface area contributed by atoms with E-state index >= 15 is 0 Å². The molecule has 0 aliphatic rings. The van der Waals surface area contributed by atoms with Gasteiger partial charge in [-0.1, -0.05) is 0 Å². The summed E-state index contributed by atoms with van der Waals surface area (Å²) in [5.74, 6) is 0. The zero-order valence-corrected chi connectivity index (χ0v) is 7.92. The third-order valence-corrected chi connectivity index (χ3v) is 2.01. The summed E-state index contributed by atoms with van der Waals surface area (Å²) in [6.07, 6.45) is 7.00. The van der Waals surface area contributed by atoms with E-state index < -0.39 is 0 Å². The Balaban J connectivity index is 1.90. The summed E-state index contributed by atoms with van der Waals surface area (Å²) in [4.78, 5) is 3.03. The standard InChI is InChI=1S/C10H18N2O/c13-8-2-1-5-11-6-3-10-4-7-12-9-10/h4,7,9,11-13H,1-3,5-6,8H2. The molecule has 1 aromatic heterocycles. The summed E-state index contributed by atoms with van der Waals surface area (Å²) >= 11 is 0. The highest BCUT2D eigenvalue weighted by Crippen LogP contribution is 1.95. The van der Waals surface area contributed by atoms with Crippen LogP contribution in [-0.2, 0) is 6.42 Å². The minimum absolute atomic E-state index is 0.305. The second-order valence-corrected chi connectivity index (χ2v) is 3.15. The van der Waals surface area contributed by atoms with Crippen LogP contribution in [0.4, 0.5) is 0 Å². The molecule has 0 aliphatic carbocycles. The molecule has 1 rings (SSSR count). The molecule has 0 aliphatic heterocycles. The first-order valence-electron chi connectivity index (χ1n) is 4.86. The number of unbranched alkanes of at least 4 members (excludes halogenated alkanes) is 1. The van der Waals surface area contributed by atoms with Crippen LogP contribution >= 0.6 is 0 Å². The van der Waals surface area contributed by atoms with E-state index in [1.54, 1.807) is 0 Å². The molecule has 3 heteroatoms. The van der Waals surface area contributed by atoms with Gasteiger partial charge in [-0.15, -0.1) is 0 Å². The van der Waals surface area contributed by atoms with Crippen molar-refractivity contribution in [2.75, 3.05) is 19.7 Å². The van der Waals surface area contributed by atoms with Gasteiger partial charge in [0.2, 0.25) is 0 Å². The molecule has 0 aromatic carbocycles. The van der Waals surface area contributed by atoms with Crippen LogP contribution < -0.4 is 5.32 Å². The van der Waals surface area contributed by atoms with Crippen LogP contribution in [0.5, 0.6) is 0 Å². The van der Waals surface area contributed by atoms with E-state index in [-0.39, 0.29) is 0 Å². The number of aromatic amines is 1. The fraction of sp³-hybridized carbons (Fsp3) is 0.600. The van der Waals surface area contributed by atoms with Crippen molar-refractivity contribution in [3.63, 3.8) is 0 Å². The molecular formula is C10H18N2O. The quantitative estimate of drug-likeness (QED) is 0.549. The van der Waals surface area contributed by atoms with E-state index in [4.69, 9.17) is 5.11 Å². The Hall–Kier alpha value is -0.800. The lowest BCUT2D eigenvalue weighted by Crippen LogP contribution is -2.18. The lowest BCUT2D eigenvalue weighted by atomic mass is 10.2. The molecule has 0 unspecified atom stereocenters. The molecule has 13 heavy (non-hydrogen) atoms. The van der Waals surface area contributed by atoms with Crippen molar-refractivity contribution in [1.82, 2.24) is 10.3 Å². The lowest BCUT2D eigenvalue weighted by molar-refractivity contribution is 0.284. The number of aromatic nitrogens is 1. The molecule has 1 heterocycles. The van der Waals surface area contributed by atoms with E-state index in [1.807, 2.05) is 12.4 Å². The van der Waals surface area contributed by atoms with Crippen molar-refractivity contribution in [2.45, 2.75) is 19.3 Å². The molecule has 0 spiro atoms. The van der Waals surface area contributed by atoms with Gasteiger partial charge >= 0.3 is 0 Å². The van der Waals surface area contributed by atoms with E-state index in [1.165, 1.54) is 5.56 Å². The smallest absolute Gasteiger partial charge is 0.0431 e. The second-order valence-electron chi connectivity index (χ2n) is 3.15. The third kappa shape index (κ3) is 4.70. The largest absolute Gasteiger partial charge is 0.396 e. The summed E-state index contributed by atoms with van der Waals surface area (Å²) < 4.78 is 0. The Morgan fingerprint density at radius 3 is 2.92 bits per heavy atom. The van der Waals surface area contributed by atoms with Gasteiger partial charge in [0, 0.05) is 19.0 Å². The molecule has 3 N–H and O–H groups in total. The number of rotatable bonds is 7. The fourth-order valence-electron chi connectivity index (χ4n) is 1.23. The SMILES string of the molecule is OCCCCNCCc1cc[nH]c1. The molecular weight excluding hydrogens is 164 g/mol. The van der Waals surface area contributed by atoms with Gasteiger partial charge in [0.25, 0.3) is 0 Å². The van der Waals surface area contributed by atoms with E-state index in [0.29, 0.717) is 6.61 Å². The highest BCUT2D eigenvalue weighted by Gasteiger charge is 1.91. The maximum atomic E-state index is 8.54. The summed E-state index contributed by atoms with van der Waals surface area (Å²) in [6.45, 7) is 2.33. The van der Waals surface area contributed by atoms with Crippen molar-refractivity contribution < 1.29 is 5.11 Å². The topological polar surface area (TPSA) is 48.0 Å². The minimum atomic E-state index is 0.305. The molecule has 0 bridgehead atoms. The fourth-order valence-corrected chi connectivity index (χ4v) is 1.23. The normalized spacial score (nSPS) is 10.5. The van der Waals surface area contributed by atoms with Crippen molar-refractivity contribution in [3.05, 3.63) is 24.0 Å². The van der Waals surface area contributed by atoms with Crippen molar-refractivity contribution in [2.24, 2.45) is 0 Å². The van der Waals surface area contributed by atoms with Crippen LogP contribution in [0.2, 0.25) is 0 Å². The Morgan fingerprint density at radius 1 is 1.31 bits per heavy atom. The number of H-pyrrole nitrogens is 1. The lowest BCUT2D eigenvalue weighted by Gasteiger charge is -2.02. The van der Waals surface area contributed by atoms with E-state index in [9.17, 15) is 0 Å². The Kier molecular flexibility index (Phi) is 5.29. The molecule has 0 radical (unpaired) electrons. The Morgan fingerprint density at radius 2 is 2.23 bits per heavy atom. The Bertz CT molecular complexity index is 197. The van der Waals surface area contributed by atoms with E-state index in [2.05, 4.69) is 16.4 Å². The first kappa shape index (κ1) is 10.3. The van der Waals surface area contributed by atoms with Crippen LogP contribution in [0.1, 0.15) is 18.4 Å². The summed E-state index contributed by atoms with van der Waals surface area (Å²) in [6, 6.07) is 2.09. The van der Waals surface area contributed by atoms with Crippen LogP contribution in [0.25, 0.3) is 0 Å². The maximum absolute atomic E-state index is 8.54. The predicted molar refractivity (Wildman–Crippen MR) is 53.7 cm³/mol. The molecule has 74 valence electrons. The van der Waals surface area contributed by atoms with Gasteiger partial charge in [-0.25, -0.2) is 0 Å². The summed E-state index contributed by atoms with van der Waals surface area (Å²) in [5.41, 5.74) is 1.34. The molecule has 0 amide bonds. The van der Waals surface area contributed by atoms with Crippen molar-refractivity contribution in [3.8, 4) is 0 Å². The molecule has 0 saturated heterocycles. The molecule has 0 atom stereocenters.